The number of allylic oxidation sites excluding steroid dienone is 1. The van der Waals surface area contributed by atoms with E-state index in [0.29, 0.717) is 0 Å². The van der Waals surface area contributed by atoms with Crippen molar-refractivity contribution >= 4 is 0 Å². The molecule has 0 aromatic carbocycles. The zero-order chi connectivity index (χ0) is 9.23. The van der Waals surface area contributed by atoms with Crippen LogP contribution in [0.3, 0.4) is 0 Å². The molecule has 12 heavy (non-hydrogen) atoms. The molecule has 0 heterocycles. The minimum Gasteiger partial charge on any atom is -0.299 e. The van der Waals surface area contributed by atoms with Gasteiger partial charge in [0.1, 0.15) is 6.26 Å². The Labute approximate surface area is 76.5 Å². The van der Waals surface area contributed by atoms with Crippen LogP contribution < -0.4 is 0 Å². The van der Waals surface area contributed by atoms with Gasteiger partial charge in [0, 0.05) is 0 Å². The predicted molar refractivity (Wildman–Crippen MR) is 52.4 cm³/mol. The highest BCUT2D eigenvalue weighted by Crippen LogP contribution is 2.10. The molecule has 0 spiro atoms. The number of hydrogen-bond donors (Lipinski definition) is 0. The standard InChI is InChI=1S/C11H21O/c1-3-4-5-6-7-8-9-11(2)10-12/h10H,3-9H2,1-2H3/b11-10+. The summed E-state index contributed by atoms with van der Waals surface area (Å²) in [6.45, 7) is 4.14. The molecule has 0 bridgehead atoms. The molecule has 71 valence electrons. The maximum absolute atomic E-state index is 10.2. The molecule has 0 amide bonds. The fourth-order valence-corrected chi connectivity index (χ4v) is 1.24. The summed E-state index contributed by atoms with van der Waals surface area (Å²) < 4.78 is 0. The first-order chi connectivity index (χ1) is 5.81. The van der Waals surface area contributed by atoms with Crippen LogP contribution >= 0.6 is 0 Å². The second-order valence-corrected chi connectivity index (χ2v) is 3.48. The maximum Gasteiger partial charge on any atom is 0.141 e. The van der Waals surface area contributed by atoms with Gasteiger partial charge in [-0.15, -0.1) is 0 Å². The van der Waals surface area contributed by atoms with E-state index in [1.165, 1.54) is 38.5 Å². The molecule has 0 aromatic heterocycles. The molecule has 0 fully saturated rings. The second-order valence-electron chi connectivity index (χ2n) is 3.48. The Kier molecular flexibility index (Phi) is 8.30. The summed E-state index contributed by atoms with van der Waals surface area (Å²) in [6, 6.07) is 0. The van der Waals surface area contributed by atoms with Crippen LogP contribution in [-0.4, -0.2) is 0 Å². The van der Waals surface area contributed by atoms with Gasteiger partial charge in [-0.1, -0.05) is 39.0 Å². The lowest BCUT2D eigenvalue weighted by atomic mass is 10.1. The molecule has 0 atom stereocenters. The summed E-state index contributed by atoms with van der Waals surface area (Å²) in [5.74, 6) is 0. The Hall–Kier alpha value is -0.460. The zero-order valence-corrected chi connectivity index (χ0v) is 8.44. The molecule has 0 saturated heterocycles. The number of hydrogen-bond acceptors (Lipinski definition) is 0. The molecule has 0 aliphatic rings. The van der Waals surface area contributed by atoms with Crippen LogP contribution in [0, 0.1) is 0 Å². The van der Waals surface area contributed by atoms with Crippen molar-refractivity contribution in [3.8, 4) is 0 Å². The van der Waals surface area contributed by atoms with Crippen LogP contribution in [0.2, 0.25) is 0 Å². The van der Waals surface area contributed by atoms with Gasteiger partial charge < -0.3 is 0 Å². The van der Waals surface area contributed by atoms with E-state index in [1.54, 1.807) is 0 Å². The number of rotatable bonds is 7. The molecule has 0 rings (SSSR count). The third-order valence-corrected chi connectivity index (χ3v) is 2.13. The highest BCUT2D eigenvalue weighted by Gasteiger charge is 1.92. The molecular weight excluding hydrogens is 148 g/mol. The smallest absolute Gasteiger partial charge is 0.141 e. The second kappa shape index (κ2) is 8.63. The minimum absolute atomic E-state index is 0.978. The normalized spacial score (nSPS) is 12.0. The predicted octanol–water partition coefficient (Wildman–Crippen LogP) is 4.07. The first kappa shape index (κ1) is 11.5. The summed E-state index contributed by atoms with van der Waals surface area (Å²) >= 11 is 0. The third-order valence-electron chi connectivity index (χ3n) is 2.13. The zero-order valence-electron chi connectivity index (χ0n) is 8.44. The van der Waals surface area contributed by atoms with E-state index in [4.69, 9.17) is 0 Å². The topological polar surface area (TPSA) is 19.9 Å². The first-order valence-electron chi connectivity index (χ1n) is 5.09. The van der Waals surface area contributed by atoms with E-state index in [9.17, 15) is 5.11 Å². The molecule has 1 heteroatoms. The van der Waals surface area contributed by atoms with Crippen molar-refractivity contribution in [1.82, 2.24) is 0 Å². The summed E-state index contributed by atoms with van der Waals surface area (Å²) in [6.07, 6.45) is 9.80. The van der Waals surface area contributed by atoms with Gasteiger partial charge in [-0.3, -0.25) is 5.11 Å². The number of unbranched alkanes of at least 4 members (excludes halogenated alkanes) is 5. The highest BCUT2D eigenvalue weighted by molar-refractivity contribution is 4.90. The van der Waals surface area contributed by atoms with E-state index in [0.717, 1.165) is 18.3 Å². The monoisotopic (exact) mass is 169 g/mol. The van der Waals surface area contributed by atoms with Crippen LogP contribution in [0.25, 0.3) is 0 Å². The van der Waals surface area contributed by atoms with E-state index < -0.39 is 0 Å². The lowest BCUT2D eigenvalue weighted by Gasteiger charge is -1.99. The van der Waals surface area contributed by atoms with Crippen LogP contribution in [0.4, 0.5) is 0 Å². The summed E-state index contributed by atoms with van der Waals surface area (Å²) in [5.41, 5.74) is 0.991. The van der Waals surface area contributed by atoms with E-state index >= 15 is 0 Å². The van der Waals surface area contributed by atoms with Crippen LogP contribution in [0.1, 0.15) is 58.8 Å². The Morgan fingerprint density at radius 1 is 1.08 bits per heavy atom. The van der Waals surface area contributed by atoms with Crippen LogP contribution in [-0.2, 0) is 5.11 Å². The van der Waals surface area contributed by atoms with Gasteiger partial charge in [0.25, 0.3) is 0 Å². The van der Waals surface area contributed by atoms with Crippen molar-refractivity contribution in [3.63, 3.8) is 0 Å². The van der Waals surface area contributed by atoms with Crippen molar-refractivity contribution in [2.75, 3.05) is 0 Å². The van der Waals surface area contributed by atoms with Crippen molar-refractivity contribution in [1.29, 1.82) is 0 Å². The highest BCUT2D eigenvalue weighted by atomic mass is 16.2. The third kappa shape index (κ3) is 7.64. The van der Waals surface area contributed by atoms with Gasteiger partial charge in [0.2, 0.25) is 0 Å². The lowest BCUT2D eigenvalue weighted by Crippen LogP contribution is -1.80. The van der Waals surface area contributed by atoms with Crippen molar-refractivity contribution < 1.29 is 5.11 Å². The Bertz CT molecular complexity index is 116. The molecule has 0 N–H and O–H groups in total. The average Bonchev–Trinajstić information content (AvgIpc) is 2.10. The van der Waals surface area contributed by atoms with Crippen LogP contribution in [0.5, 0.6) is 0 Å². The van der Waals surface area contributed by atoms with Crippen LogP contribution in [0.15, 0.2) is 11.8 Å². The molecule has 0 unspecified atom stereocenters. The molecule has 0 aliphatic carbocycles. The first-order valence-corrected chi connectivity index (χ1v) is 5.09. The summed E-state index contributed by atoms with van der Waals surface area (Å²) in [5, 5.41) is 10.2. The molecule has 1 nitrogen and oxygen atoms in total. The van der Waals surface area contributed by atoms with Gasteiger partial charge in [-0.25, -0.2) is 0 Å². The fraction of sp³-hybridized carbons (Fsp3) is 0.818. The SMILES string of the molecule is CCCCCCCC/C(C)=C/[O]. The Balaban J connectivity index is 3.00. The van der Waals surface area contributed by atoms with Gasteiger partial charge in [0.15, 0.2) is 0 Å². The van der Waals surface area contributed by atoms with Gasteiger partial charge in [-0.2, -0.15) is 0 Å². The summed E-state index contributed by atoms with van der Waals surface area (Å²) in [7, 11) is 0. The van der Waals surface area contributed by atoms with E-state index in [-0.39, 0.29) is 0 Å². The van der Waals surface area contributed by atoms with Crippen molar-refractivity contribution in [2.24, 2.45) is 0 Å². The quantitative estimate of drug-likeness (QED) is 0.404. The largest absolute Gasteiger partial charge is 0.299 e. The van der Waals surface area contributed by atoms with Gasteiger partial charge in [0.05, 0.1) is 0 Å². The van der Waals surface area contributed by atoms with Gasteiger partial charge >= 0.3 is 0 Å². The van der Waals surface area contributed by atoms with E-state index in [1.807, 2.05) is 6.92 Å². The maximum atomic E-state index is 10.2. The molecule has 0 aliphatic heterocycles. The minimum atomic E-state index is 0.978. The molecular formula is C11H21O. The Morgan fingerprint density at radius 2 is 1.67 bits per heavy atom. The molecule has 0 aromatic rings. The van der Waals surface area contributed by atoms with Crippen molar-refractivity contribution in [2.45, 2.75) is 58.8 Å². The average molecular weight is 169 g/mol. The fourth-order valence-electron chi connectivity index (χ4n) is 1.24. The van der Waals surface area contributed by atoms with Crippen molar-refractivity contribution in [3.05, 3.63) is 11.8 Å². The Morgan fingerprint density at radius 3 is 2.25 bits per heavy atom. The summed E-state index contributed by atoms with van der Waals surface area (Å²) in [4.78, 5) is 0. The van der Waals surface area contributed by atoms with Gasteiger partial charge in [-0.05, 0) is 25.3 Å². The van der Waals surface area contributed by atoms with E-state index in [2.05, 4.69) is 6.92 Å². The lowest BCUT2D eigenvalue weighted by molar-refractivity contribution is 0.344. The molecule has 1 radical (unpaired) electrons. The molecule has 0 saturated carbocycles.